The van der Waals surface area contributed by atoms with E-state index in [1.54, 1.807) is 38.1 Å². The van der Waals surface area contributed by atoms with E-state index in [4.69, 9.17) is 15.2 Å². The van der Waals surface area contributed by atoms with Crippen molar-refractivity contribution in [3.8, 4) is 0 Å². The third kappa shape index (κ3) is 16.0. The molecule has 0 bridgehead atoms. The van der Waals surface area contributed by atoms with Gasteiger partial charge in [-0.05, 0) is 77.1 Å². The van der Waals surface area contributed by atoms with Gasteiger partial charge in [0.05, 0.1) is 5.60 Å². The molecule has 2 rings (SSSR count). The van der Waals surface area contributed by atoms with Crippen molar-refractivity contribution in [3.63, 3.8) is 0 Å². The number of hydrogen-bond donors (Lipinski definition) is 4. The highest BCUT2D eigenvalue weighted by Crippen LogP contribution is 2.13. The second-order valence-corrected chi connectivity index (χ2v) is 13.0. The molecule has 1 heterocycles. The van der Waals surface area contributed by atoms with Gasteiger partial charge < -0.3 is 31.2 Å². The molecule has 14 nitrogen and oxygen atoms in total. The van der Waals surface area contributed by atoms with E-state index in [-0.39, 0.29) is 55.0 Å². The highest BCUT2D eigenvalue weighted by atomic mass is 16.5. The molecule has 0 unspecified atom stereocenters. The van der Waals surface area contributed by atoms with Gasteiger partial charge in [-0.1, -0.05) is 32.4 Å². The zero-order valence-electron chi connectivity index (χ0n) is 29.3. The molecule has 1 aromatic carbocycles. The summed E-state index contributed by atoms with van der Waals surface area (Å²) in [7, 11) is 0. The summed E-state index contributed by atoms with van der Waals surface area (Å²) < 4.78 is 10.9. The van der Waals surface area contributed by atoms with Crippen LogP contribution in [-0.2, 0) is 40.1 Å². The summed E-state index contributed by atoms with van der Waals surface area (Å²) in [5, 5.41) is 8.18. The van der Waals surface area contributed by atoms with E-state index in [1.807, 2.05) is 20.8 Å². The number of ether oxygens (including phenoxy) is 2. The number of benzene rings is 1. The van der Waals surface area contributed by atoms with E-state index in [0.717, 1.165) is 4.90 Å². The standard InChI is InChI=1S/C35H52N6O8/c1-24(2)31(40-28(42)12-7-6-8-21-41-29(43)17-18-30(41)44)33(46)39-27(11-9-19-36)32(45)38-26-15-13-25(14-16-26)23-48-34(47)37-20-10-22-49-35(3,4)5/h13-18,24,27H,6-12,19-23,36H2,1-5H3,(H,37,47)(H,38,45)(H,39,46)/t27-/m0/s1. The molecule has 0 fully saturated rings. The Kier molecular flexibility index (Phi) is 17.3. The Hall–Kier alpha value is -4.43. The van der Waals surface area contributed by atoms with E-state index >= 15 is 0 Å². The minimum Gasteiger partial charge on any atom is -0.445 e. The lowest BCUT2D eigenvalue weighted by molar-refractivity contribution is -0.137. The molecule has 5 N–H and O–H groups in total. The predicted molar refractivity (Wildman–Crippen MR) is 185 cm³/mol. The van der Waals surface area contributed by atoms with Gasteiger partial charge in [0.25, 0.3) is 17.7 Å². The molecule has 1 aliphatic heterocycles. The van der Waals surface area contributed by atoms with Crippen LogP contribution in [0.25, 0.3) is 0 Å². The monoisotopic (exact) mass is 684 g/mol. The maximum absolute atomic E-state index is 13.2. The first kappa shape index (κ1) is 40.7. The number of imide groups is 1. The molecular formula is C35H52N6O8. The van der Waals surface area contributed by atoms with Crippen molar-refractivity contribution < 1.29 is 38.2 Å². The third-order valence-corrected chi connectivity index (χ3v) is 7.23. The normalized spacial score (nSPS) is 13.9. The van der Waals surface area contributed by atoms with Crippen LogP contribution in [0.15, 0.2) is 41.4 Å². The van der Waals surface area contributed by atoms with Crippen LogP contribution in [0.2, 0.25) is 0 Å². The molecule has 0 saturated carbocycles. The molecular weight excluding hydrogens is 632 g/mol. The Balaban J connectivity index is 1.86. The van der Waals surface area contributed by atoms with Gasteiger partial charge in [0.15, 0.2) is 0 Å². The third-order valence-electron chi connectivity index (χ3n) is 7.23. The highest BCUT2D eigenvalue weighted by Gasteiger charge is 2.26. The van der Waals surface area contributed by atoms with Crippen molar-refractivity contribution in [3.05, 3.63) is 42.0 Å². The van der Waals surface area contributed by atoms with E-state index in [2.05, 4.69) is 20.9 Å². The van der Waals surface area contributed by atoms with E-state index < -0.39 is 29.9 Å². The van der Waals surface area contributed by atoms with Crippen LogP contribution >= 0.6 is 0 Å². The fraction of sp³-hybridized carbons (Fsp3) is 0.571. The van der Waals surface area contributed by atoms with Gasteiger partial charge in [-0.2, -0.15) is 0 Å². The Morgan fingerprint density at radius 1 is 0.939 bits per heavy atom. The van der Waals surface area contributed by atoms with Gasteiger partial charge in [-0.25, -0.2) is 9.79 Å². The van der Waals surface area contributed by atoms with Gasteiger partial charge in [0.1, 0.15) is 18.4 Å². The average molecular weight is 685 g/mol. The quantitative estimate of drug-likeness (QED) is 0.0903. The topological polar surface area (TPSA) is 199 Å². The first-order chi connectivity index (χ1) is 23.2. The summed E-state index contributed by atoms with van der Waals surface area (Å²) in [6.07, 6.45) is 5.05. The highest BCUT2D eigenvalue weighted by molar-refractivity contribution is 6.41. The number of carbonyl (C=O) groups excluding carboxylic acids is 6. The van der Waals surface area contributed by atoms with E-state index in [1.165, 1.54) is 12.2 Å². The molecule has 270 valence electrons. The number of alkyl carbamates (subject to hydrolysis) is 1. The van der Waals surface area contributed by atoms with Crippen LogP contribution < -0.4 is 21.7 Å². The van der Waals surface area contributed by atoms with Crippen LogP contribution in [-0.4, -0.2) is 84.1 Å². The molecule has 1 aliphatic rings. The van der Waals surface area contributed by atoms with Crippen LogP contribution in [0.3, 0.4) is 0 Å². The second-order valence-electron chi connectivity index (χ2n) is 13.0. The van der Waals surface area contributed by atoms with Crippen molar-refractivity contribution in [2.75, 3.05) is 31.6 Å². The lowest BCUT2D eigenvalue weighted by atomic mass is 10.0. The Morgan fingerprint density at radius 3 is 2.22 bits per heavy atom. The molecule has 0 aromatic heterocycles. The van der Waals surface area contributed by atoms with E-state index in [0.29, 0.717) is 63.1 Å². The number of anilines is 1. The fourth-order valence-electron chi connectivity index (χ4n) is 4.58. The Bertz CT molecular complexity index is 1330. The number of amides is 6. The maximum atomic E-state index is 13.2. The zero-order chi connectivity index (χ0) is 36.4. The molecule has 6 amide bonds. The van der Waals surface area contributed by atoms with Gasteiger partial charge in [-0.3, -0.25) is 28.9 Å². The first-order valence-electron chi connectivity index (χ1n) is 16.8. The lowest BCUT2D eigenvalue weighted by Gasteiger charge is -2.20. The fourth-order valence-corrected chi connectivity index (χ4v) is 4.58. The maximum Gasteiger partial charge on any atom is 0.407 e. The smallest absolute Gasteiger partial charge is 0.407 e. The average Bonchev–Trinajstić information content (AvgIpc) is 3.36. The first-order valence-corrected chi connectivity index (χ1v) is 16.8. The van der Waals surface area contributed by atoms with Crippen LogP contribution in [0.4, 0.5) is 10.5 Å². The number of nitrogens with two attached hydrogens (primary N) is 1. The SMILES string of the molecule is CC(C)C(=NC(=O)CCCCCN1C(=O)C=CC1=O)C(=O)N[C@@H](CCCN)C(=O)Nc1ccc(COC(=O)NCCCOC(C)(C)C)cc1. The van der Waals surface area contributed by atoms with Crippen LogP contribution in [0.1, 0.15) is 85.1 Å². The zero-order valence-corrected chi connectivity index (χ0v) is 29.3. The van der Waals surface area contributed by atoms with Crippen molar-refractivity contribution in [2.24, 2.45) is 16.6 Å². The van der Waals surface area contributed by atoms with Crippen LogP contribution in [0.5, 0.6) is 0 Å². The molecule has 0 radical (unpaired) electrons. The summed E-state index contributed by atoms with van der Waals surface area (Å²) in [6, 6.07) is 5.83. The number of aliphatic imine (C=N–C) groups is 1. The molecule has 1 atom stereocenters. The number of nitrogens with zero attached hydrogens (tertiary/aromatic N) is 2. The van der Waals surface area contributed by atoms with Crippen molar-refractivity contribution in [2.45, 2.75) is 97.8 Å². The Labute approximate surface area is 288 Å². The summed E-state index contributed by atoms with van der Waals surface area (Å²) in [5.74, 6) is -2.61. The van der Waals surface area contributed by atoms with Crippen LogP contribution in [0, 0.1) is 5.92 Å². The minimum atomic E-state index is -0.930. The number of rotatable bonds is 20. The summed E-state index contributed by atoms with van der Waals surface area (Å²) >= 11 is 0. The molecule has 1 aromatic rings. The second kappa shape index (κ2) is 20.8. The largest absolute Gasteiger partial charge is 0.445 e. The number of carbonyl (C=O) groups is 6. The molecule has 0 aliphatic carbocycles. The van der Waals surface area contributed by atoms with E-state index in [9.17, 15) is 28.8 Å². The molecule has 0 spiro atoms. The lowest BCUT2D eigenvalue weighted by Crippen LogP contribution is -2.47. The number of hydrogen-bond acceptors (Lipinski definition) is 9. The number of nitrogens with one attached hydrogen (secondary N) is 3. The molecule has 14 heteroatoms. The molecule has 0 saturated heterocycles. The van der Waals surface area contributed by atoms with Gasteiger partial charge in [-0.15, -0.1) is 0 Å². The summed E-state index contributed by atoms with van der Waals surface area (Å²) in [5.41, 5.74) is 6.65. The molecule has 49 heavy (non-hydrogen) atoms. The number of unbranched alkanes of at least 4 members (excludes halogenated alkanes) is 2. The van der Waals surface area contributed by atoms with Crippen molar-refractivity contribution in [1.29, 1.82) is 0 Å². The van der Waals surface area contributed by atoms with Gasteiger partial charge >= 0.3 is 6.09 Å². The summed E-state index contributed by atoms with van der Waals surface area (Å²) in [6.45, 7) is 10.9. The van der Waals surface area contributed by atoms with Crippen molar-refractivity contribution >= 4 is 47.0 Å². The minimum absolute atomic E-state index is 0.0153. The van der Waals surface area contributed by atoms with Gasteiger partial charge in [0, 0.05) is 49.9 Å². The summed E-state index contributed by atoms with van der Waals surface area (Å²) in [4.78, 5) is 79.5. The van der Waals surface area contributed by atoms with Crippen molar-refractivity contribution in [1.82, 2.24) is 15.5 Å². The predicted octanol–water partition coefficient (Wildman–Crippen LogP) is 3.39. The Morgan fingerprint density at radius 2 is 1.61 bits per heavy atom. The van der Waals surface area contributed by atoms with Gasteiger partial charge in [0.2, 0.25) is 11.8 Å².